The molecule has 2 aromatic rings. The predicted molar refractivity (Wildman–Crippen MR) is 159 cm³/mol. The van der Waals surface area contributed by atoms with Crippen LogP contribution in [0.15, 0.2) is 41.3 Å². The van der Waals surface area contributed by atoms with Crippen molar-refractivity contribution in [2.45, 2.75) is 64.7 Å². The molecule has 2 fully saturated rings. The molecule has 220 valence electrons. The Bertz CT molecular complexity index is 1220. The second-order valence-corrected chi connectivity index (χ2v) is 11.7. The summed E-state index contributed by atoms with van der Waals surface area (Å²) in [5.41, 5.74) is 12.5. The molecule has 1 aromatic heterocycles. The summed E-state index contributed by atoms with van der Waals surface area (Å²) in [7, 11) is 0. The lowest BCUT2D eigenvalue weighted by Crippen LogP contribution is -2.62. The van der Waals surface area contributed by atoms with Crippen molar-refractivity contribution in [3.63, 3.8) is 0 Å². The highest BCUT2D eigenvalue weighted by molar-refractivity contribution is 5.89. The van der Waals surface area contributed by atoms with Crippen molar-refractivity contribution in [2.75, 3.05) is 38.0 Å². The number of urea groups is 1. The zero-order valence-corrected chi connectivity index (χ0v) is 24.7. The first kappa shape index (κ1) is 31.5. The molecule has 12 heteroatoms. The third-order valence-corrected chi connectivity index (χ3v) is 7.58. The molecule has 0 saturated carbocycles. The third-order valence-electron chi connectivity index (χ3n) is 7.58. The summed E-state index contributed by atoms with van der Waals surface area (Å²) in [6, 6.07) is 9.24. The molecular formula is C28H43ClN8O3. The van der Waals surface area contributed by atoms with Crippen LogP contribution in [-0.4, -0.2) is 86.5 Å². The second-order valence-electron chi connectivity index (χ2n) is 11.7. The number of aromatic nitrogens is 2. The number of piperidine rings is 1. The molecule has 1 atom stereocenters. The normalized spacial score (nSPS) is 18.9. The Balaban J connectivity index is 0.00000441. The molecule has 0 aliphatic carbocycles. The highest BCUT2D eigenvalue weighted by Crippen LogP contribution is 2.21. The Morgan fingerprint density at radius 1 is 1.07 bits per heavy atom. The first-order valence-electron chi connectivity index (χ1n) is 13.7. The summed E-state index contributed by atoms with van der Waals surface area (Å²) in [4.78, 5) is 48.6. The van der Waals surface area contributed by atoms with E-state index in [4.69, 9.17) is 11.5 Å². The molecule has 0 unspecified atom stereocenters. The van der Waals surface area contributed by atoms with Crippen molar-refractivity contribution in [2.24, 2.45) is 17.4 Å². The van der Waals surface area contributed by atoms with Gasteiger partial charge in [0.05, 0.1) is 17.3 Å². The van der Waals surface area contributed by atoms with Gasteiger partial charge in [0.1, 0.15) is 5.82 Å². The molecule has 3 amide bonds. The van der Waals surface area contributed by atoms with E-state index in [0.717, 1.165) is 32.5 Å². The summed E-state index contributed by atoms with van der Waals surface area (Å²) in [5, 5.41) is 2.77. The van der Waals surface area contributed by atoms with Crippen molar-refractivity contribution in [1.29, 1.82) is 0 Å². The van der Waals surface area contributed by atoms with E-state index in [-0.39, 0.29) is 42.1 Å². The molecule has 3 heterocycles. The van der Waals surface area contributed by atoms with Crippen LogP contribution in [0.2, 0.25) is 0 Å². The Kier molecular flexibility index (Phi) is 10.3. The lowest BCUT2D eigenvalue weighted by molar-refractivity contribution is -0.138. The van der Waals surface area contributed by atoms with Crippen molar-refractivity contribution in [3.05, 3.63) is 52.6 Å². The van der Waals surface area contributed by atoms with E-state index in [1.54, 1.807) is 35.9 Å². The van der Waals surface area contributed by atoms with Gasteiger partial charge in [-0.05, 0) is 69.5 Å². The number of rotatable bonds is 6. The smallest absolute Gasteiger partial charge is 0.337 e. The summed E-state index contributed by atoms with van der Waals surface area (Å²) in [5.74, 6) is 0.164. The second kappa shape index (κ2) is 13.1. The van der Waals surface area contributed by atoms with Gasteiger partial charge in [0, 0.05) is 38.4 Å². The van der Waals surface area contributed by atoms with E-state index in [0.29, 0.717) is 31.4 Å². The number of nitrogens with two attached hydrogens (primary N) is 2. The minimum Gasteiger partial charge on any atom is -0.337 e. The molecule has 5 N–H and O–H groups in total. The highest BCUT2D eigenvalue weighted by Gasteiger charge is 2.37. The van der Waals surface area contributed by atoms with Crippen LogP contribution >= 0.6 is 12.4 Å². The maximum atomic E-state index is 13.2. The lowest BCUT2D eigenvalue weighted by atomic mass is 9.97. The number of likely N-dealkylation sites (tertiary alicyclic amines) is 1. The standard InChI is InChI=1S/C28H42N8O3.ClH/c1-19(2)23-18-34(25(37)28(3,4)30)15-16-36(23)27(39)32-24-11-14-35(26(38)31-24)22-7-5-20(6-8-22)17-33-12-9-21(29)10-13-33;/h5-8,11,14,19,21,23H,9-10,12-13,15-18,29-30H2,1-4H3,(H,31,32,38,39);1H/t23-;/m1./s1. The van der Waals surface area contributed by atoms with E-state index in [2.05, 4.69) is 15.2 Å². The molecule has 11 nitrogen and oxygen atoms in total. The van der Waals surface area contributed by atoms with E-state index in [1.807, 2.05) is 38.1 Å². The van der Waals surface area contributed by atoms with Gasteiger partial charge in [-0.15, -0.1) is 12.4 Å². The predicted octanol–water partition coefficient (Wildman–Crippen LogP) is 2.02. The van der Waals surface area contributed by atoms with E-state index < -0.39 is 11.2 Å². The van der Waals surface area contributed by atoms with Crippen molar-refractivity contribution in [3.8, 4) is 5.69 Å². The number of anilines is 1. The van der Waals surface area contributed by atoms with Crippen LogP contribution in [0.5, 0.6) is 0 Å². The number of carbonyl (C=O) groups excluding carboxylic acids is 2. The van der Waals surface area contributed by atoms with E-state index >= 15 is 0 Å². The molecule has 2 aliphatic rings. The van der Waals surface area contributed by atoms with Crippen LogP contribution in [0.3, 0.4) is 0 Å². The summed E-state index contributed by atoms with van der Waals surface area (Å²) in [6.07, 6.45) is 3.65. The minimum atomic E-state index is -0.970. The fourth-order valence-electron chi connectivity index (χ4n) is 5.21. The first-order valence-corrected chi connectivity index (χ1v) is 13.7. The van der Waals surface area contributed by atoms with Crippen LogP contribution < -0.4 is 22.5 Å². The number of benzene rings is 1. The van der Waals surface area contributed by atoms with Crippen LogP contribution in [0.4, 0.5) is 10.6 Å². The Morgan fingerprint density at radius 3 is 2.30 bits per heavy atom. The molecule has 0 radical (unpaired) electrons. The molecule has 0 bridgehead atoms. The number of piperazine rings is 1. The number of hydrogen-bond acceptors (Lipinski definition) is 7. The topological polar surface area (TPSA) is 143 Å². The van der Waals surface area contributed by atoms with Gasteiger partial charge in [0.25, 0.3) is 0 Å². The highest BCUT2D eigenvalue weighted by atomic mass is 35.5. The summed E-state index contributed by atoms with van der Waals surface area (Å²) < 4.78 is 1.45. The van der Waals surface area contributed by atoms with E-state index in [9.17, 15) is 14.4 Å². The van der Waals surface area contributed by atoms with Gasteiger partial charge in [-0.1, -0.05) is 26.0 Å². The Labute approximate surface area is 242 Å². The molecular weight excluding hydrogens is 532 g/mol. The summed E-state index contributed by atoms with van der Waals surface area (Å²) >= 11 is 0. The van der Waals surface area contributed by atoms with Crippen LogP contribution in [0, 0.1) is 5.92 Å². The van der Waals surface area contributed by atoms with Crippen LogP contribution in [0.25, 0.3) is 5.69 Å². The van der Waals surface area contributed by atoms with Gasteiger partial charge in [-0.3, -0.25) is 19.6 Å². The number of hydrogen-bond donors (Lipinski definition) is 3. The lowest BCUT2D eigenvalue weighted by Gasteiger charge is -2.44. The van der Waals surface area contributed by atoms with Crippen molar-refractivity contribution < 1.29 is 9.59 Å². The zero-order chi connectivity index (χ0) is 28.3. The van der Waals surface area contributed by atoms with Crippen LogP contribution in [-0.2, 0) is 11.3 Å². The number of carbonyl (C=O) groups is 2. The Hall–Kier alpha value is -2.99. The number of nitrogens with one attached hydrogen (secondary N) is 1. The maximum Gasteiger partial charge on any atom is 0.354 e. The molecule has 1 aromatic carbocycles. The number of halogens is 1. The quantitative estimate of drug-likeness (QED) is 0.479. The van der Waals surface area contributed by atoms with Crippen molar-refractivity contribution in [1.82, 2.24) is 24.3 Å². The van der Waals surface area contributed by atoms with Gasteiger partial charge in [-0.25, -0.2) is 9.59 Å². The zero-order valence-electron chi connectivity index (χ0n) is 23.9. The fraction of sp³-hybridized carbons (Fsp3) is 0.571. The molecule has 4 rings (SSSR count). The SMILES string of the molecule is CC(C)[C@H]1CN(C(=O)C(C)(C)N)CCN1C(=O)Nc1ccn(-c2ccc(CN3CCC(N)CC3)cc2)c(=O)n1.Cl. The monoisotopic (exact) mass is 574 g/mol. The van der Waals surface area contributed by atoms with Crippen molar-refractivity contribution >= 4 is 30.2 Å². The number of nitrogens with zero attached hydrogens (tertiary/aromatic N) is 5. The van der Waals surface area contributed by atoms with Crippen LogP contribution in [0.1, 0.15) is 46.1 Å². The molecule has 2 saturated heterocycles. The summed E-state index contributed by atoms with van der Waals surface area (Å²) in [6.45, 7) is 11.4. The molecule has 0 spiro atoms. The third kappa shape index (κ3) is 7.60. The van der Waals surface area contributed by atoms with Gasteiger partial charge in [0.15, 0.2) is 0 Å². The maximum absolute atomic E-state index is 13.2. The van der Waals surface area contributed by atoms with Gasteiger partial charge in [0.2, 0.25) is 5.91 Å². The number of amides is 3. The molecule has 2 aliphatic heterocycles. The Morgan fingerprint density at radius 2 is 1.73 bits per heavy atom. The fourth-order valence-corrected chi connectivity index (χ4v) is 5.21. The largest absolute Gasteiger partial charge is 0.354 e. The van der Waals surface area contributed by atoms with Gasteiger partial charge >= 0.3 is 11.7 Å². The van der Waals surface area contributed by atoms with Gasteiger partial charge < -0.3 is 21.3 Å². The average Bonchev–Trinajstić information content (AvgIpc) is 2.89. The van der Waals surface area contributed by atoms with E-state index in [1.165, 1.54) is 10.1 Å². The van der Waals surface area contributed by atoms with Gasteiger partial charge in [-0.2, -0.15) is 4.98 Å². The molecule has 40 heavy (non-hydrogen) atoms. The average molecular weight is 575 g/mol. The first-order chi connectivity index (χ1) is 18.4. The minimum absolute atomic E-state index is 0.